The van der Waals surface area contributed by atoms with E-state index in [0.717, 1.165) is 5.69 Å². The fraction of sp³-hybridized carbons (Fsp3) is 0.500. The third-order valence-electron chi connectivity index (χ3n) is 3.30. The second-order valence-corrected chi connectivity index (χ2v) is 4.78. The Balaban J connectivity index is 1.76. The van der Waals surface area contributed by atoms with Crippen LogP contribution in [0.2, 0.25) is 0 Å². The monoisotopic (exact) mass is 278 g/mol. The standard InChI is InChI=1S/C14H18N2O4/c17-13(9-11-3-1-2-6-15-11)16-7-4-12(5-8-16)20-10-14(18)19/h1-3,6,12H,4-5,7-10H2,(H,18,19). The highest BCUT2D eigenvalue weighted by molar-refractivity contribution is 5.78. The Bertz CT molecular complexity index is 456. The van der Waals surface area contributed by atoms with Crippen molar-refractivity contribution >= 4 is 11.9 Å². The molecule has 0 bridgehead atoms. The van der Waals surface area contributed by atoms with Crippen LogP contribution in [0.5, 0.6) is 0 Å². The van der Waals surface area contributed by atoms with Crippen LogP contribution in [0.3, 0.4) is 0 Å². The topological polar surface area (TPSA) is 79.7 Å². The molecule has 20 heavy (non-hydrogen) atoms. The number of amides is 1. The molecule has 0 unspecified atom stereocenters. The lowest BCUT2D eigenvalue weighted by molar-refractivity contribution is -0.146. The number of nitrogens with zero attached hydrogens (tertiary/aromatic N) is 2. The lowest BCUT2D eigenvalue weighted by Gasteiger charge is -2.31. The summed E-state index contributed by atoms with van der Waals surface area (Å²) in [7, 11) is 0. The van der Waals surface area contributed by atoms with Crippen molar-refractivity contribution in [1.82, 2.24) is 9.88 Å². The van der Waals surface area contributed by atoms with Gasteiger partial charge < -0.3 is 14.7 Å². The zero-order chi connectivity index (χ0) is 14.4. The first-order chi connectivity index (χ1) is 9.65. The average molecular weight is 278 g/mol. The quantitative estimate of drug-likeness (QED) is 0.858. The highest BCUT2D eigenvalue weighted by Gasteiger charge is 2.23. The number of ether oxygens (including phenoxy) is 1. The van der Waals surface area contributed by atoms with E-state index in [0.29, 0.717) is 32.4 Å². The van der Waals surface area contributed by atoms with E-state index in [4.69, 9.17) is 9.84 Å². The first kappa shape index (κ1) is 14.5. The van der Waals surface area contributed by atoms with Crippen LogP contribution in [-0.4, -0.2) is 52.7 Å². The van der Waals surface area contributed by atoms with Crippen molar-refractivity contribution in [3.63, 3.8) is 0 Å². The van der Waals surface area contributed by atoms with Crippen LogP contribution in [0.15, 0.2) is 24.4 Å². The molecule has 1 aromatic rings. The van der Waals surface area contributed by atoms with E-state index in [9.17, 15) is 9.59 Å². The fourth-order valence-electron chi connectivity index (χ4n) is 2.23. The molecule has 2 rings (SSSR count). The van der Waals surface area contributed by atoms with Crippen molar-refractivity contribution in [3.8, 4) is 0 Å². The Morgan fingerprint density at radius 1 is 1.35 bits per heavy atom. The number of pyridine rings is 1. The third kappa shape index (κ3) is 4.31. The number of carbonyl (C=O) groups excluding carboxylic acids is 1. The maximum atomic E-state index is 12.1. The summed E-state index contributed by atoms with van der Waals surface area (Å²) in [6.45, 7) is 0.943. The van der Waals surface area contributed by atoms with E-state index < -0.39 is 5.97 Å². The summed E-state index contributed by atoms with van der Waals surface area (Å²) in [5, 5.41) is 8.55. The number of hydrogen-bond acceptors (Lipinski definition) is 4. The van der Waals surface area contributed by atoms with Gasteiger partial charge >= 0.3 is 5.97 Å². The summed E-state index contributed by atoms with van der Waals surface area (Å²) >= 11 is 0. The molecule has 1 aromatic heterocycles. The van der Waals surface area contributed by atoms with Crippen LogP contribution in [0.25, 0.3) is 0 Å². The summed E-state index contributed by atoms with van der Waals surface area (Å²) in [5.41, 5.74) is 0.766. The number of carboxylic acids is 1. The van der Waals surface area contributed by atoms with Gasteiger partial charge in [0.05, 0.1) is 12.5 Å². The molecule has 1 saturated heterocycles. The largest absolute Gasteiger partial charge is 0.480 e. The smallest absolute Gasteiger partial charge is 0.329 e. The van der Waals surface area contributed by atoms with Crippen molar-refractivity contribution in [1.29, 1.82) is 0 Å². The number of hydrogen-bond donors (Lipinski definition) is 1. The predicted octanol–water partition coefficient (Wildman–Crippen LogP) is 0.716. The predicted molar refractivity (Wildman–Crippen MR) is 71.1 cm³/mol. The lowest BCUT2D eigenvalue weighted by atomic mass is 10.1. The zero-order valence-electron chi connectivity index (χ0n) is 11.2. The van der Waals surface area contributed by atoms with Crippen LogP contribution < -0.4 is 0 Å². The third-order valence-corrected chi connectivity index (χ3v) is 3.30. The van der Waals surface area contributed by atoms with Crippen molar-refractivity contribution < 1.29 is 19.4 Å². The first-order valence-corrected chi connectivity index (χ1v) is 6.66. The van der Waals surface area contributed by atoms with Crippen LogP contribution in [-0.2, 0) is 20.7 Å². The summed E-state index contributed by atoms with van der Waals surface area (Å²) in [6, 6.07) is 5.52. The first-order valence-electron chi connectivity index (χ1n) is 6.66. The second-order valence-electron chi connectivity index (χ2n) is 4.78. The minimum absolute atomic E-state index is 0.0559. The van der Waals surface area contributed by atoms with Gasteiger partial charge in [-0.3, -0.25) is 9.78 Å². The molecular formula is C14H18N2O4. The number of piperidine rings is 1. The van der Waals surface area contributed by atoms with Gasteiger partial charge in [-0.05, 0) is 25.0 Å². The molecule has 1 amide bonds. The van der Waals surface area contributed by atoms with Gasteiger partial charge in [0.15, 0.2) is 0 Å². The Morgan fingerprint density at radius 2 is 2.10 bits per heavy atom. The van der Waals surface area contributed by atoms with Gasteiger partial charge in [0.25, 0.3) is 0 Å². The molecular weight excluding hydrogens is 260 g/mol. The van der Waals surface area contributed by atoms with Crippen molar-refractivity contribution in [3.05, 3.63) is 30.1 Å². The van der Waals surface area contributed by atoms with E-state index in [2.05, 4.69) is 4.98 Å². The molecule has 0 aromatic carbocycles. The highest BCUT2D eigenvalue weighted by Crippen LogP contribution is 2.14. The Morgan fingerprint density at radius 3 is 2.70 bits per heavy atom. The number of carbonyl (C=O) groups is 2. The summed E-state index contributed by atoms with van der Waals surface area (Å²) < 4.78 is 5.24. The van der Waals surface area contributed by atoms with Crippen molar-refractivity contribution in [2.24, 2.45) is 0 Å². The fourth-order valence-corrected chi connectivity index (χ4v) is 2.23. The summed E-state index contributed by atoms with van der Waals surface area (Å²) in [4.78, 5) is 28.4. The number of aromatic nitrogens is 1. The number of carboxylic acid groups (broad SMARTS) is 1. The molecule has 1 fully saturated rings. The lowest BCUT2D eigenvalue weighted by Crippen LogP contribution is -2.42. The zero-order valence-corrected chi connectivity index (χ0v) is 11.2. The van der Waals surface area contributed by atoms with E-state index in [-0.39, 0.29) is 18.6 Å². The van der Waals surface area contributed by atoms with Crippen LogP contribution in [0.4, 0.5) is 0 Å². The van der Waals surface area contributed by atoms with E-state index in [1.165, 1.54) is 0 Å². The van der Waals surface area contributed by atoms with E-state index in [1.54, 1.807) is 11.1 Å². The highest BCUT2D eigenvalue weighted by atomic mass is 16.5. The molecule has 108 valence electrons. The Kier molecular flexibility index (Phi) is 5.06. The minimum Gasteiger partial charge on any atom is -0.480 e. The van der Waals surface area contributed by atoms with Gasteiger partial charge in [-0.2, -0.15) is 0 Å². The van der Waals surface area contributed by atoms with E-state index in [1.807, 2.05) is 18.2 Å². The van der Waals surface area contributed by atoms with Gasteiger partial charge in [-0.1, -0.05) is 6.07 Å². The van der Waals surface area contributed by atoms with Gasteiger partial charge in [0.2, 0.25) is 5.91 Å². The van der Waals surface area contributed by atoms with Crippen LogP contribution in [0.1, 0.15) is 18.5 Å². The van der Waals surface area contributed by atoms with Crippen molar-refractivity contribution in [2.45, 2.75) is 25.4 Å². The molecule has 0 aliphatic carbocycles. The molecule has 0 atom stereocenters. The normalized spacial score (nSPS) is 16.1. The summed E-state index contributed by atoms with van der Waals surface area (Å²) in [6.07, 6.45) is 3.28. The molecule has 1 aliphatic rings. The van der Waals surface area contributed by atoms with Gasteiger partial charge in [0, 0.05) is 25.0 Å². The Hall–Kier alpha value is -1.95. The minimum atomic E-state index is -0.960. The van der Waals surface area contributed by atoms with Gasteiger partial charge in [0.1, 0.15) is 6.61 Å². The number of rotatable bonds is 5. The maximum Gasteiger partial charge on any atom is 0.329 e. The molecule has 2 heterocycles. The molecule has 1 N–H and O–H groups in total. The molecule has 0 spiro atoms. The molecule has 6 heteroatoms. The van der Waals surface area contributed by atoms with Gasteiger partial charge in [-0.15, -0.1) is 0 Å². The van der Waals surface area contributed by atoms with E-state index >= 15 is 0 Å². The molecule has 0 saturated carbocycles. The van der Waals surface area contributed by atoms with Gasteiger partial charge in [-0.25, -0.2) is 4.79 Å². The number of aliphatic carboxylic acids is 1. The molecule has 6 nitrogen and oxygen atoms in total. The Labute approximate surface area is 117 Å². The maximum absolute atomic E-state index is 12.1. The SMILES string of the molecule is O=C(O)COC1CCN(C(=O)Cc2ccccn2)CC1. The molecule has 0 radical (unpaired) electrons. The van der Waals surface area contributed by atoms with Crippen LogP contribution in [0, 0.1) is 0 Å². The van der Waals surface area contributed by atoms with Crippen molar-refractivity contribution in [2.75, 3.05) is 19.7 Å². The second kappa shape index (κ2) is 7.00. The molecule has 1 aliphatic heterocycles. The average Bonchev–Trinajstić information content (AvgIpc) is 2.46. The van der Waals surface area contributed by atoms with Crippen LogP contribution >= 0.6 is 0 Å². The number of likely N-dealkylation sites (tertiary alicyclic amines) is 1. The summed E-state index contributed by atoms with van der Waals surface area (Å²) in [5.74, 6) is -0.904.